The lowest BCUT2D eigenvalue weighted by atomic mass is 9.88. The van der Waals surface area contributed by atoms with Gasteiger partial charge in [0, 0.05) is 25.2 Å². The zero-order valence-corrected chi connectivity index (χ0v) is 18.9. The molecule has 2 heterocycles. The Bertz CT molecular complexity index is 892. The Labute approximate surface area is 178 Å². The largest absolute Gasteiger partial charge is 0.457 e. The van der Waals surface area contributed by atoms with Gasteiger partial charge in [0.15, 0.2) is 0 Å². The summed E-state index contributed by atoms with van der Waals surface area (Å²) >= 11 is 11.3. The Morgan fingerprint density at radius 1 is 1.07 bits per heavy atom. The van der Waals surface area contributed by atoms with Crippen LogP contribution in [0.2, 0.25) is 0 Å². The highest BCUT2D eigenvalue weighted by Crippen LogP contribution is 2.66. The summed E-state index contributed by atoms with van der Waals surface area (Å²) in [5.41, 5.74) is 2.44. The van der Waals surface area contributed by atoms with E-state index in [-0.39, 0.29) is 9.33 Å². The van der Waals surface area contributed by atoms with Crippen LogP contribution in [0.5, 0.6) is 11.5 Å². The minimum Gasteiger partial charge on any atom is -0.457 e. The molecule has 0 radical (unpaired) electrons. The molecule has 0 aliphatic carbocycles. The second-order valence-electron chi connectivity index (χ2n) is 6.82. The Morgan fingerprint density at radius 3 is 2.15 bits per heavy atom. The third-order valence-electron chi connectivity index (χ3n) is 4.52. The lowest BCUT2D eigenvalue weighted by molar-refractivity contribution is -0.458. The number of fused-ring (bicyclic) bond motifs is 4. The first kappa shape index (κ1) is 19.2. The molecular formula is C20H21N2OS4+. The van der Waals surface area contributed by atoms with Crippen molar-refractivity contribution in [3.05, 3.63) is 59.7 Å². The van der Waals surface area contributed by atoms with E-state index in [0.29, 0.717) is 0 Å². The minimum atomic E-state index is -0.250. The summed E-state index contributed by atoms with van der Waals surface area (Å²) in [7, 11) is 8.24. The SMILES string of the molecule is CN(C)C(=S)SC1SC(=[N+](C)C)SC12c1ccccc1Oc1ccccc12. The maximum atomic E-state index is 6.26. The fraction of sp³-hybridized carbons (Fsp3) is 0.300. The van der Waals surface area contributed by atoms with Crippen LogP contribution in [0, 0.1) is 0 Å². The predicted molar refractivity (Wildman–Crippen MR) is 124 cm³/mol. The lowest BCUT2D eigenvalue weighted by Crippen LogP contribution is -2.35. The molecule has 0 bridgehead atoms. The van der Waals surface area contributed by atoms with Crippen LogP contribution in [0.4, 0.5) is 0 Å². The van der Waals surface area contributed by atoms with Crippen LogP contribution >= 0.6 is 47.5 Å². The van der Waals surface area contributed by atoms with Gasteiger partial charge in [-0.25, -0.2) is 4.58 Å². The molecule has 2 aliphatic heterocycles. The summed E-state index contributed by atoms with van der Waals surface area (Å²) in [6.07, 6.45) is 0. The fourth-order valence-electron chi connectivity index (χ4n) is 3.24. The molecule has 27 heavy (non-hydrogen) atoms. The van der Waals surface area contributed by atoms with Gasteiger partial charge < -0.3 is 9.64 Å². The highest BCUT2D eigenvalue weighted by atomic mass is 32.2. The second kappa shape index (κ2) is 7.35. The molecule has 1 fully saturated rings. The van der Waals surface area contributed by atoms with Crippen LogP contribution in [-0.4, -0.2) is 50.9 Å². The highest BCUT2D eigenvalue weighted by molar-refractivity contribution is 8.47. The van der Waals surface area contributed by atoms with Gasteiger partial charge in [-0.1, -0.05) is 60.4 Å². The third-order valence-corrected chi connectivity index (χ3v) is 10.4. The van der Waals surface area contributed by atoms with Crippen molar-refractivity contribution in [1.29, 1.82) is 0 Å². The maximum Gasteiger partial charge on any atom is 0.272 e. The Balaban J connectivity index is 1.95. The van der Waals surface area contributed by atoms with E-state index in [1.54, 1.807) is 11.8 Å². The summed E-state index contributed by atoms with van der Waals surface area (Å²) in [4.78, 5) is 2.02. The zero-order valence-electron chi connectivity index (χ0n) is 15.6. The molecule has 0 N–H and O–H groups in total. The number of hydrogen-bond acceptors (Lipinski definition) is 5. The van der Waals surface area contributed by atoms with Crippen molar-refractivity contribution in [2.45, 2.75) is 9.33 Å². The molecule has 2 aromatic carbocycles. The Hall–Kier alpha value is -1.15. The van der Waals surface area contributed by atoms with Crippen LogP contribution in [0.25, 0.3) is 0 Å². The normalized spacial score (nSPS) is 19.3. The molecule has 1 unspecified atom stereocenters. The average Bonchev–Trinajstić information content (AvgIpc) is 3.02. The van der Waals surface area contributed by atoms with Gasteiger partial charge in [-0.3, -0.25) is 0 Å². The van der Waals surface area contributed by atoms with Gasteiger partial charge in [0.05, 0.1) is 4.58 Å². The highest BCUT2D eigenvalue weighted by Gasteiger charge is 2.57. The molecule has 1 saturated heterocycles. The topological polar surface area (TPSA) is 15.5 Å². The quantitative estimate of drug-likeness (QED) is 0.459. The number of para-hydroxylation sites is 2. The van der Waals surface area contributed by atoms with Crippen molar-refractivity contribution in [3.8, 4) is 11.5 Å². The first-order chi connectivity index (χ1) is 12.9. The number of hydrogen-bond donors (Lipinski definition) is 0. The molecule has 1 atom stereocenters. The first-order valence-electron chi connectivity index (χ1n) is 8.58. The maximum absolute atomic E-state index is 6.26. The molecule has 140 valence electrons. The zero-order chi connectivity index (χ0) is 19.2. The van der Waals surface area contributed by atoms with E-state index >= 15 is 0 Å². The second-order valence-corrected chi connectivity index (χ2v) is 11.4. The van der Waals surface area contributed by atoms with Crippen LogP contribution in [0.15, 0.2) is 48.5 Å². The summed E-state index contributed by atoms with van der Waals surface area (Å²) in [5.74, 6) is 1.87. The predicted octanol–water partition coefficient (Wildman–Crippen LogP) is 5.05. The van der Waals surface area contributed by atoms with Crippen molar-refractivity contribution in [3.63, 3.8) is 0 Å². The molecule has 1 spiro atoms. The molecule has 4 rings (SSSR count). The Morgan fingerprint density at radius 2 is 1.63 bits per heavy atom. The molecule has 3 nitrogen and oxygen atoms in total. The van der Waals surface area contributed by atoms with Crippen molar-refractivity contribution in [1.82, 2.24) is 4.90 Å². The summed E-state index contributed by atoms with van der Waals surface area (Å²) in [5, 5.41) is 0. The molecule has 7 heteroatoms. The van der Waals surface area contributed by atoms with E-state index in [0.717, 1.165) is 15.8 Å². The van der Waals surface area contributed by atoms with E-state index < -0.39 is 0 Å². The van der Waals surface area contributed by atoms with Crippen LogP contribution in [-0.2, 0) is 4.75 Å². The minimum absolute atomic E-state index is 0.209. The van der Waals surface area contributed by atoms with Gasteiger partial charge in [-0.15, -0.1) is 0 Å². The van der Waals surface area contributed by atoms with E-state index in [9.17, 15) is 0 Å². The van der Waals surface area contributed by atoms with E-state index in [2.05, 4.69) is 55.1 Å². The van der Waals surface area contributed by atoms with Crippen molar-refractivity contribution in [2.75, 3.05) is 28.2 Å². The number of thiocarbonyl (C=S) groups is 1. The van der Waals surface area contributed by atoms with Gasteiger partial charge in [0.1, 0.15) is 34.7 Å². The number of thioether (sulfide) groups is 3. The average molecular weight is 434 g/mol. The smallest absolute Gasteiger partial charge is 0.272 e. The van der Waals surface area contributed by atoms with Gasteiger partial charge in [-0.2, -0.15) is 0 Å². The van der Waals surface area contributed by atoms with Gasteiger partial charge in [-0.05, 0) is 35.7 Å². The number of ether oxygens (including phenoxy) is 1. The van der Waals surface area contributed by atoms with Gasteiger partial charge in [0.25, 0.3) is 4.38 Å². The van der Waals surface area contributed by atoms with E-state index in [1.807, 2.05) is 54.7 Å². The molecule has 0 aromatic heterocycles. The molecule has 0 saturated carbocycles. The van der Waals surface area contributed by atoms with Crippen LogP contribution in [0.3, 0.4) is 0 Å². The molecule has 0 amide bonds. The monoisotopic (exact) mass is 433 g/mol. The van der Waals surface area contributed by atoms with E-state index in [4.69, 9.17) is 17.0 Å². The van der Waals surface area contributed by atoms with Gasteiger partial charge >= 0.3 is 0 Å². The number of rotatable bonds is 1. The van der Waals surface area contributed by atoms with Crippen molar-refractivity contribution in [2.24, 2.45) is 0 Å². The fourth-order valence-corrected chi connectivity index (χ4v) is 8.82. The summed E-state index contributed by atoms with van der Waals surface area (Å²) < 4.78 is 10.6. The van der Waals surface area contributed by atoms with Crippen molar-refractivity contribution < 1.29 is 9.31 Å². The van der Waals surface area contributed by atoms with E-state index in [1.165, 1.54) is 15.5 Å². The number of benzene rings is 2. The lowest BCUT2D eigenvalue weighted by Gasteiger charge is -2.39. The standard InChI is InChI=1S/C20H21N2OS4/c1-21(2)18(24)25-17-20(27-19(26-17)22(3)4)13-9-5-7-11-15(13)23-16-12-8-6-10-14(16)20/h5-12,17H,1-4H3/q+1. The van der Waals surface area contributed by atoms with Gasteiger partial charge in [0.2, 0.25) is 0 Å². The van der Waals surface area contributed by atoms with Crippen molar-refractivity contribution >= 4 is 56.2 Å². The molecule has 2 aromatic rings. The molecular weight excluding hydrogens is 413 g/mol. The summed E-state index contributed by atoms with van der Waals surface area (Å²) in [6, 6.07) is 16.8. The molecule has 2 aliphatic rings. The Kier molecular flexibility index (Phi) is 5.22. The van der Waals surface area contributed by atoms with Crippen LogP contribution in [0.1, 0.15) is 11.1 Å². The number of nitrogens with zero attached hydrogens (tertiary/aromatic N) is 2. The van der Waals surface area contributed by atoms with Crippen LogP contribution < -0.4 is 4.74 Å². The summed E-state index contributed by atoms with van der Waals surface area (Å²) in [6.45, 7) is 0. The third kappa shape index (κ3) is 3.18. The first-order valence-corrected chi connectivity index (χ1v) is 11.6.